The number of carbonyl (C=O) groups excluding carboxylic acids is 1. The predicted octanol–water partition coefficient (Wildman–Crippen LogP) is 4.45. The van der Waals surface area contributed by atoms with E-state index in [1.54, 1.807) is 30.5 Å². The third-order valence-corrected chi connectivity index (χ3v) is 3.95. The Bertz CT molecular complexity index is 835. The summed E-state index contributed by atoms with van der Waals surface area (Å²) in [5, 5.41) is 6.76. The first-order valence-corrected chi connectivity index (χ1v) is 8.40. The Hall–Kier alpha value is -2.85. The normalized spacial score (nSPS) is 10.3. The molecule has 0 bridgehead atoms. The molecule has 2 aromatic carbocycles. The maximum Gasteiger partial charge on any atom is 0.255 e. The van der Waals surface area contributed by atoms with Crippen LogP contribution in [0.3, 0.4) is 0 Å². The average molecular weight is 352 g/mol. The number of hydrogen-bond acceptors (Lipinski definition) is 3. The Morgan fingerprint density at radius 1 is 0.960 bits per heavy atom. The van der Waals surface area contributed by atoms with Crippen LogP contribution in [0.5, 0.6) is 0 Å². The third-order valence-electron chi connectivity index (χ3n) is 3.70. The van der Waals surface area contributed by atoms with E-state index in [0.29, 0.717) is 22.9 Å². The minimum absolute atomic E-state index is 0.152. The molecule has 1 aromatic heterocycles. The molecule has 0 aliphatic heterocycles. The second-order valence-corrected chi connectivity index (χ2v) is 5.96. The van der Waals surface area contributed by atoms with E-state index in [1.807, 2.05) is 42.5 Å². The van der Waals surface area contributed by atoms with Crippen molar-refractivity contribution in [3.63, 3.8) is 0 Å². The first-order valence-electron chi connectivity index (χ1n) is 8.02. The lowest BCUT2D eigenvalue weighted by molar-refractivity contribution is 0.0954. The Morgan fingerprint density at radius 2 is 1.72 bits per heavy atom. The summed E-state index contributed by atoms with van der Waals surface area (Å²) in [7, 11) is 0. The molecule has 0 aliphatic rings. The number of aromatic nitrogens is 1. The van der Waals surface area contributed by atoms with E-state index >= 15 is 0 Å². The van der Waals surface area contributed by atoms with Crippen LogP contribution in [0.25, 0.3) is 0 Å². The molecule has 0 fully saturated rings. The van der Waals surface area contributed by atoms with Gasteiger partial charge in [-0.05, 0) is 48.4 Å². The van der Waals surface area contributed by atoms with Crippen molar-refractivity contribution in [1.29, 1.82) is 0 Å². The second kappa shape index (κ2) is 8.31. The summed E-state index contributed by atoms with van der Waals surface area (Å²) < 4.78 is 0. The lowest BCUT2D eigenvalue weighted by Crippen LogP contribution is -2.26. The zero-order valence-electron chi connectivity index (χ0n) is 13.6. The van der Waals surface area contributed by atoms with E-state index in [4.69, 9.17) is 11.6 Å². The van der Waals surface area contributed by atoms with Gasteiger partial charge in [0, 0.05) is 23.5 Å². The molecule has 1 heterocycles. The van der Waals surface area contributed by atoms with E-state index < -0.39 is 0 Å². The van der Waals surface area contributed by atoms with Crippen LogP contribution < -0.4 is 10.6 Å². The van der Waals surface area contributed by atoms with Gasteiger partial charge in [-0.3, -0.25) is 4.79 Å². The van der Waals surface area contributed by atoms with Crippen molar-refractivity contribution in [2.24, 2.45) is 0 Å². The molecule has 25 heavy (non-hydrogen) atoms. The van der Waals surface area contributed by atoms with E-state index in [-0.39, 0.29) is 5.91 Å². The van der Waals surface area contributed by atoms with E-state index in [2.05, 4.69) is 15.6 Å². The smallest absolute Gasteiger partial charge is 0.255 e. The number of rotatable bonds is 6. The molecule has 0 radical (unpaired) electrons. The molecule has 1 amide bonds. The molecule has 2 N–H and O–H groups in total. The second-order valence-electron chi connectivity index (χ2n) is 5.52. The number of nitrogens with one attached hydrogen (secondary N) is 2. The third kappa shape index (κ3) is 4.81. The fourth-order valence-electron chi connectivity index (χ4n) is 2.42. The van der Waals surface area contributed by atoms with Gasteiger partial charge in [-0.15, -0.1) is 0 Å². The van der Waals surface area contributed by atoms with Crippen LogP contribution in [0.1, 0.15) is 15.9 Å². The Labute approximate surface area is 151 Å². The van der Waals surface area contributed by atoms with E-state index in [9.17, 15) is 4.79 Å². The molecule has 3 rings (SSSR count). The number of benzene rings is 2. The first-order chi connectivity index (χ1) is 12.2. The van der Waals surface area contributed by atoms with Gasteiger partial charge in [0.2, 0.25) is 0 Å². The highest BCUT2D eigenvalue weighted by Crippen LogP contribution is 2.20. The summed E-state index contributed by atoms with van der Waals surface area (Å²) in [5.74, 6) is 0.363. The summed E-state index contributed by atoms with van der Waals surface area (Å²) in [6.45, 7) is 0.568. The SMILES string of the molecule is O=C(NCCc1ccccc1)c1cccnc1Nc1ccc(Cl)cc1. The van der Waals surface area contributed by atoms with Crippen LogP contribution in [0.2, 0.25) is 5.02 Å². The van der Waals surface area contributed by atoms with Gasteiger partial charge < -0.3 is 10.6 Å². The van der Waals surface area contributed by atoms with Crippen LogP contribution in [-0.2, 0) is 6.42 Å². The van der Waals surface area contributed by atoms with Crippen LogP contribution in [0.15, 0.2) is 72.9 Å². The highest BCUT2D eigenvalue weighted by molar-refractivity contribution is 6.30. The van der Waals surface area contributed by atoms with Gasteiger partial charge in [-0.2, -0.15) is 0 Å². The molecule has 126 valence electrons. The minimum Gasteiger partial charge on any atom is -0.352 e. The molecule has 4 nitrogen and oxygen atoms in total. The summed E-state index contributed by atoms with van der Waals surface area (Å²) in [6, 6.07) is 20.8. The van der Waals surface area contributed by atoms with Crippen molar-refractivity contribution in [2.75, 3.05) is 11.9 Å². The van der Waals surface area contributed by atoms with Crippen molar-refractivity contribution >= 4 is 29.0 Å². The maximum atomic E-state index is 12.5. The summed E-state index contributed by atoms with van der Waals surface area (Å²) >= 11 is 5.90. The minimum atomic E-state index is -0.152. The Balaban J connectivity index is 1.65. The van der Waals surface area contributed by atoms with Gasteiger partial charge in [0.1, 0.15) is 5.82 Å². The predicted molar refractivity (Wildman–Crippen MR) is 101 cm³/mol. The molecule has 0 saturated carbocycles. The Morgan fingerprint density at radius 3 is 2.48 bits per heavy atom. The molecule has 5 heteroatoms. The van der Waals surface area contributed by atoms with Crippen molar-refractivity contribution in [1.82, 2.24) is 10.3 Å². The van der Waals surface area contributed by atoms with Crippen molar-refractivity contribution in [3.8, 4) is 0 Å². The molecule has 0 saturated heterocycles. The molecule has 0 spiro atoms. The average Bonchev–Trinajstić information content (AvgIpc) is 2.65. The fraction of sp³-hybridized carbons (Fsp3) is 0.100. The fourth-order valence-corrected chi connectivity index (χ4v) is 2.54. The molecule has 0 unspecified atom stereocenters. The lowest BCUT2D eigenvalue weighted by atomic mass is 10.1. The topological polar surface area (TPSA) is 54.0 Å². The Kier molecular flexibility index (Phi) is 5.65. The standard InChI is InChI=1S/C20H18ClN3O/c21-16-8-10-17(11-9-16)24-19-18(7-4-13-22-19)20(25)23-14-12-15-5-2-1-3-6-15/h1-11,13H,12,14H2,(H,22,24)(H,23,25). The highest BCUT2D eigenvalue weighted by Gasteiger charge is 2.12. The number of carbonyl (C=O) groups is 1. The van der Waals surface area contributed by atoms with Crippen LogP contribution in [0, 0.1) is 0 Å². The monoisotopic (exact) mass is 351 g/mol. The largest absolute Gasteiger partial charge is 0.352 e. The van der Waals surface area contributed by atoms with Gasteiger partial charge in [0.05, 0.1) is 5.56 Å². The highest BCUT2D eigenvalue weighted by atomic mass is 35.5. The van der Waals surface area contributed by atoms with Crippen molar-refractivity contribution in [2.45, 2.75) is 6.42 Å². The number of anilines is 2. The summed E-state index contributed by atoms with van der Waals surface area (Å²) in [4.78, 5) is 16.8. The first kappa shape index (κ1) is 17.0. The van der Waals surface area contributed by atoms with Gasteiger partial charge in [0.15, 0.2) is 0 Å². The molecular formula is C20H18ClN3O. The van der Waals surface area contributed by atoms with Gasteiger partial charge >= 0.3 is 0 Å². The van der Waals surface area contributed by atoms with Crippen LogP contribution in [-0.4, -0.2) is 17.4 Å². The molecule has 0 atom stereocenters. The summed E-state index contributed by atoms with van der Waals surface area (Å²) in [6.07, 6.45) is 2.44. The van der Waals surface area contributed by atoms with E-state index in [1.165, 1.54) is 5.56 Å². The van der Waals surface area contributed by atoms with E-state index in [0.717, 1.165) is 12.1 Å². The van der Waals surface area contributed by atoms with Crippen molar-refractivity contribution in [3.05, 3.63) is 89.1 Å². The number of pyridine rings is 1. The van der Waals surface area contributed by atoms with Gasteiger partial charge in [0.25, 0.3) is 5.91 Å². The summed E-state index contributed by atoms with van der Waals surface area (Å²) in [5.41, 5.74) is 2.51. The quantitative estimate of drug-likeness (QED) is 0.689. The zero-order valence-corrected chi connectivity index (χ0v) is 14.3. The van der Waals surface area contributed by atoms with Gasteiger partial charge in [-0.25, -0.2) is 4.98 Å². The van der Waals surface area contributed by atoms with Crippen molar-refractivity contribution < 1.29 is 4.79 Å². The molecule has 0 aliphatic carbocycles. The van der Waals surface area contributed by atoms with Gasteiger partial charge in [-0.1, -0.05) is 41.9 Å². The lowest BCUT2D eigenvalue weighted by Gasteiger charge is -2.11. The molecular weight excluding hydrogens is 334 g/mol. The molecule has 3 aromatic rings. The zero-order chi connectivity index (χ0) is 17.5. The number of amides is 1. The number of nitrogens with zero attached hydrogens (tertiary/aromatic N) is 1. The number of hydrogen-bond donors (Lipinski definition) is 2. The number of halogens is 1. The van der Waals surface area contributed by atoms with Crippen LogP contribution >= 0.6 is 11.6 Å². The van der Waals surface area contributed by atoms with Crippen LogP contribution in [0.4, 0.5) is 11.5 Å². The maximum absolute atomic E-state index is 12.5.